The third-order valence-corrected chi connectivity index (χ3v) is 6.23. The standard InChI is InChI=1S/C15H24N2O3S/c1-12-13(10-18)6-4-7-14(12)21(19,20)16-11-15(17(2)3)8-5-9-15/h4,6-7,16,18H,5,8-11H2,1-3H3. The number of benzene rings is 1. The van der Waals surface area contributed by atoms with E-state index in [-0.39, 0.29) is 17.0 Å². The summed E-state index contributed by atoms with van der Waals surface area (Å²) >= 11 is 0. The van der Waals surface area contributed by atoms with Gasteiger partial charge in [0.15, 0.2) is 0 Å². The Bertz CT molecular complexity index is 607. The Hall–Kier alpha value is -0.950. The topological polar surface area (TPSA) is 69.6 Å². The van der Waals surface area contributed by atoms with E-state index < -0.39 is 10.0 Å². The molecule has 1 aromatic rings. The summed E-state index contributed by atoms with van der Waals surface area (Å²) in [6.07, 6.45) is 3.16. The number of hydrogen-bond donors (Lipinski definition) is 2. The van der Waals surface area contributed by atoms with Gasteiger partial charge in [-0.25, -0.2) is 13.1 Å². The number of aliphatic hydroxyl groups is 1. The predicted molar refractivity (Wildman–Crippen MR) is 82.6 cm³/mol. The lowest BCUT2D eigenvalue weighted by atomic mass is 9.76. The van der Waals surface area contributed by atoms with Crippen molar-refractivity contribution in [2.45, 2.75) is 43.2 Å². The lowest BCUT2D eigenvalue weighted by Gasteiger charge is -2.47. The number of nitrogens with one attached hydrogen (secondary N) is 1. The van der Waals surface area contributed by atoms with Crippen molar-refractivity contribution in [2.24, 2.45) is 0 Å². The molecule has 6 heteroatoms. The van der Waals surface area contributed by atoms with Gasteiger partial charge in [0.1, 0.15) is 0 Å². The maximum atomic E-state index is 12.5. The molecule has 21 heavy (non-hydrogen) atoms. The minimum Gasteiger partial charge on any atom is -0.392 e. The molecule has 0 unspecified atom stereocenters. The van der Waals surface area contributed by atoms with Crippen molar-refractivity contribution in [1.29, 1.82) is 0 Å². The molecule has 2 N–H and O–H groups in total. The summed E-state index contributed by atoms with van der Waals surface area (Å²) in [5.74, 6) is 0. The average molecular weight is 312 g/mol. The fraction of sp³-hybridized carbons (Fsp3) is 0.600. The van der Waals surface area contributed by atoms with Crippen LogP contribution in [0.15, 0.2) is 23.1 Å². The van der Waals surface area contributed by atoms with E-state index in [0.29, 0.717) is 17.7 Å². The Balaban J connectivity index is 2.20. The maximum Gasteiger partial charge on any atom is 0.240 e. The fourth-order valence-electron chi connectivity index (χ4n) is 2.80. The molecule has 0 spiro atoms. The average Bonchev–Trinajstić information content (AvgIpc) is 2.37. The zero-order chi connectivity index (χ0) is 15.7. The van der Waals surface area contributed by atoms with E-state index in [1.54, 1.807) is 25.1 Å². The number of rotatable bonds is 6. The van der Waals surface area contributed by atoms with E-state index in [1.165, 1.54) is 0 Å². The van der Waals surface area contributed by atoms with E-state index >= 15 is 0 Å². The van der Waals surface area contributed by atoms with E-state index in [1.807, 2.05) is 14.1 Å². The van der Waals surface area contributed by atoms with Gasteiger partial charge in [-0.3, -0.25) is 0 Å². The van der Waals surface area contributed by atoms with E-state index in [4.69, 9.17) is 0 Å². The van der Waals surface area contributed by atoms with Crippen molar-refractivity contribution in [3.05, 3.63) is 29.3 Å². The molecule has 2 rings (SSSR count). The Morgan fingerprint density at radius 1 is 1.33 bits per heavy atom. The molecular formula is C15H24N2O3S. The van der Waals surface area contributed by atoms with Crippen molar-refractivity contribution >= 4 is 10.0 Å². The summed E-state index contributed by atoms with van der Waals surface area (Å²) in [6.45, 7) is 1.99. The Labute approximate surface area is 127 Å². The predicted octanol–water partition coefficient (Wildman–Crippen LogP) is 1.25. The van der Waals surface area contributed by atoms with Crippen LogP contribution < -0.4 is 4.72 Å². The molecule has 0 aliphatic heterocycles. The highest BCUT2D eigenvalue weighted by molar-refractivity contribution is 7.89. The van der Waals surface area contributed by atoms with Crippen LogP contribution in [0.1, 0.15) is 30.4 Å². The van der Waals surface area contributed by atoms with Gasteiger partial charge in [0.05, 0.1) is 11.5 Å². The van der Waals surface area contributed by atoms with Crippen LogP contribution >= 0.6 is 0 Å². The third-order valence-electron chi connectivity index (χ3n) is 4.68. The van der Waals surface area contributed by atoms with Gasteiger partial charge in [0, 0.05) is 12.1 Å². The highest BCUT2D eigenvalue weighted by Gasteiger charge is 2.39. The zero-order valence-electron chi connectivity index (χ0n) is 12.9. The van der Waals surface area contributed by atoms with Gasteiger partial charge in [-0.05, 0) is 57.5 Å². The molecule has 0 radical (unpaired) electrons. The van der Waals surface area contributed by atoms with Crippen LogP contribution in [-0.2, 0) is 16.6 Å². The summed E-state index contributed by atoms with van der Waals surface area (Å²) in [4.78, 5) is 2.36. The monoisotopic (exact) mass is 312 g/mol. The van der Waals surface area contributed by atoms with E-state index in [0.717, 1.165) is 19.3 Å². The van der Waals surface area contributed by atoms with Gasteiger partial charge in [-0.15, -0.1) is 0 Å². The molecular weight excluding hydrogens is 288 g/mol. The molecule has 0 heterocycles. The molecule has 0 aromatic heterocycles. The molecule has 5 nitrogen and oxygen atoms in total. The third kappa shape index (κ3) is 3.13. The smallest absolute Gasteiger partial charge is 0.240 e. The largest absolute Gasteiger partial charge is 0.392 e. The minimum atomic E-state index is -3.55. The second kappa shape index (κ2) is 6.04. The maximum absolute atomic E-state index is 12.5. The van der Waals surface area contributed by atoms with Crippen molar-refractivity contribution in [3.63, 3.8) is 0 Å². The van der Waals surface area contributed by atoms with Gasteiger partial charge in [-0.2, -0.15) is 0 Å². The van der Waals surface area contributed by atoms with Crippen molar-refractivity contribution in [1.82, 2.24) is 9.62 Å². The first-order valence-corrected chi connectivity index (χ1v) is 8.67. The molecule has 1 aromatic carbocycles. The van der Waals surface area contributed by atoms with Gasteiger partial charge >= 0.3 is 0 Å². The second-order valence-electron chi connectivity index (χ2n) is 6.00. The molecule has 1 aliphatic carbocycles. The molecule has 1 saturated carbocycles. The first kappa shape index (κ1) is 16.4. The van der Waals surface area contributed by atoms with E-state index in [9.17, 15) is 13.5 Å². The van der Waals surface area contributed by atoms with Crippen LogP contribution in [0, 0.1) is 6.92 Å². The summed E-state index contributed by atoms with van der Waals surface area (Å²) in [5.41, 5.74) is 1.19. The number of sulfonamides is 1. The minimum absolute atomic E-state index is 0.0600. The Morgan fingerprint density at radius 3 is 2.48 bits per heavy atom. The quantitative estimate of drug-likeness (QED) is 0.829. The van der Waals surface area contributed by atoms with Crippen molar-refractivity contribution in [3.8, 4) is 0 Å². The first-order chi connectivity index (χ1) is 9.82. The molecule has 0 bridgehead atoms. The Morgan fingerprint density at radius 2 is 2.00 bits per heavy atom. The van der Waals surface area contributed by atoms with Crippen molar-refractivity contribution < 1.29 is 13.5 Å². The van der Waals surface area contributed by atoms with Gasteiger partial charge < -0.3 is 10.0 Å². The molecule has 118 valence electrons. The number of aliphatic hydroxyl groups excluding tert-OH is 1. The van der Waals surface area contributed by atoms with Crippen LogP contribution in [0.25, 0.3) is 0 Å². The molecule has 0 atom stereocenters. The highest BCUT2D eigenvalue weighted by atomic mass is 32.2. The summed E-state index contributed by atoms with van der Waals surface area (Å²) in [7, 11) is 0.428. The summed E-state index contributed by atoms with van der Waals surface area (Å²) in [5, 5.41) is 9.27. The molecule has 0 saturated heterocycles. The normalized spacial score (nSPS) is 17.8. The first-order valence-electron chi connectivity index (χ1n) is 7.19. The van der Waals surface area contributed by atoms with Crippen molar-refractivity contribution in [2.75, 3.05) is 20.6 Å². The van der Waals surface area contributed by atoms with Crippen LogP contribution in [0.5, 0.6) is 0 Å². The SMILES string of the molecule is Cc1c(CO)cccc1S(=O)(=O)NCC1(N(C)C)CCC1. The van der Waals surface area contributed by atoms with E-state index in [2.05, 4.69) is 9.62 Å². The number of likely N-dealkylation sites (N-methyl/N-ethyl adjacent to an activating group) is 1. The second-order valence-corrected chi connectivity index (χ2v) is 7.73. The Kier molecular flexibility index (Phi) is 4.72. The number of hydrogen-bond acceptors (Lipinski definition) is 4. The van der Waals surface area contributed by atoms with Crippen LogP contribution in [-0.4, -0.2) is 44.6 Å². The lowest BCUT2D eigenvalue weighted by Crippen LogP contribution is -2.57. The fourth-order valence-corrected chi connectivity index (χ4v) is 4.20. The van der Waals surface area contributed by atoms with Crippen LogP contribution in [0.4, 0.5) is 0 Å². The van der Waals surface area contributed by atoms with Crippen LogP contribution in [0.3, 0.4) is 0 Å². The highest BCUT2D eigenvalue weighted by Crippen LogP contribution is 2.35. The van der Waals surface area contributed by atoms with Gasteiger partial charge in [0.25, 0.3) is 0 Å². The summed E-state index contributed by atoms with van der Waals surface area (Å²) < 4.78 is 27.8. The molecule has 1 fully saturated rings. The van der Waals surface area contributed by atoms with Gasteiger partial charge in [0.2, 0.25) is 10.0 Å². The molecule has 1 aliphatic rings. The van der Waals surface area contributed by atoms with Crippen LogP contribution in [0.2, 0.25) is 0 Å². The molecule has 0 amide bonds. The lowest BCUT2D eigenvalue weighted by molar-refractivity contribution is 0.0657. The summed E-state index contributed by atoms with van der Waals surface area (Å²) in [6, 6.07) is 4.99. The number of nitrogens with zero attached hydrogens (tertiary/aromatic N) is 1. The zero-order valence-corrected chi connectivity index (χ0v) is 13.7. The van der Waals surface area contributed by atoms with Gasteiger partial charge in [-0.1, -0.05) is 12.1 Å².